The SMILES string of the molecule is Cc1ncc2n1C(=O)N(N1CCN(C(=O)C(NC(=O)OC(C)(C)C)C3CCCC3)CC1)C2. The number of aromatic nitrogens is 2. The topological polar surface area (TPSA) is 100 Å². The zero-order chi connectivity index (χ0) is 23.0. The number of piperazine rings is 1. The van der Waals surface area contributed by atoms with Crippen LogP contribution < -0.4 is 5.32 Å². The molecule has 2 aliphatic heterocycles. The van der Waals surface area contributed by atoms with Crippen LogP contribution in [0.25, 0.3) is 0 Å². The van der Waals surface area contributed by atoms with Gasteiger partial charge in [0.2, 0.25) is 5.91 Å². The number of hydrogen-bond donors (Lipinski definition) is 1. The molecule has 1 atom stereocenters. The van der Waals surface area contributed by atoms with Gasteiger partial charge in [0.1, 0.15) is 17.5 Å². The number of aryl methyl sites for hydroxylation is 1. The van der Waals surface area contributed by atoms with Crippen LogP contribution >= 0.6 is 0 Å². The molecule has 32 heavy (non-hydrogen) atoms. The normalized spacial score (nSPS) is 21.1. The fourth-order valence-electron chi connectivity index (χ4n) is 4.88. The molecule has 176 valence electrons. The summed E-state index contributed by atoms with van der Waals surface area (Å²) in [7, 11) is 0. The summed E-state index contributed by atoms with van der Waals surface area (Å²) in [6.45, 7) is 9.91. The summed E-state index contributed by atoms with van der Waals surface area (Å²) in [5.41, 5.74) is 0.266. The summed E-state index contributed by atoms with van der Waals surface area (Å²) in [4.78, 5) is 44.6. The van der Waals surface area contributed by atoms with Crippen molar-refractivity contribution in [3.8, 4) is 0 Å². The van der Waals surface area contributed by atoms with Crippen molar-refractivity contribution in [2.45, 2.75) is 71.6 Å². The van der Waals surface area contributed by atoms with Crippen LogP contribution in [0.2, 0.25) is 0 Å². The van der Waals surface area contributed by atoms with E-state index in [1.54, 1.807) is 15.8 Å². The van der Waals surface area contributed by atoms with Crippen LogP contribution in [0.4, 0.5) is 9.59 Å². The Morgan fingerprint density at radius 3 is 2.41 bits per heavy atom. The maximum Gasteiger partial charge on any atom is 0.408 e. The highest BCUT2D eigenvalue weighted by molar-refractivity contribution is 5.86. The monoisotopic (exact) mass is 446 g/mol. The third kappa shape index (κ3) is 4.60. The van der Waals surface area contributed by atoms with Gasteiger partial charge in [0.15, 0.2) is 0 Å². The number of imidazole rings is 1. The predicted octanol–water partition coefficient (Wildman–Crippen LogP) is 2.12. The van der Waals surface area contributed by atoms with Gasteiger partial charge < -0.3 is 15.0 Å². The van der Waals surface area contributed by atoms with Gasteiger partial charge in [-0.05, 0) is 46.5 Å². The second kappa shape index (κ2) is 8.73. The first kappa shape index (κ1) is 22.6. The van der Waals surface area contributed by atoms with E-state index in [1.807, 2.05) is 37.6 Å². The Morgan fingerprint density at radius 2 is 1.81 bits per heavy atom. The Hall–Kier alpha value is -2.62. The molecule has 1 aromatic heterocycles. The van der Waals surface area contributed by atoms with Crippen LogP contribution in [0, 0.1) is 12.8 Å². The number of rotatable bonds is 4. The van der Waals surface area contributed by atoms with Crippen molar-refractivity contribution in [3.05, 3.63) is 17.7 Å². The first-order chi connectivity index (χ1) is 15.1. The lowest BCUT2D eigenvalue weighted by atomic mass is 9.96. The molecule has 3 heterocycles. The van der Waals surface area contributed by atoms with Crippen molar-refractivity contribution in [1.29, 1.82) is 0 Å². The number of carbonyl (C=O) groups excluding carboxylic acids is 3. The average Bonchev–Trinajstić information content (AvgIpc) is 3.44. The maximum absolute atomic E-state index is 13.4. The van der Waals surface area contributed by atoms with Crippen molar-refractivity contribution in [2.24, 2.45) is 5.92 Å². The fraction of sp³-hybridized carbons (Fsp3) is 0.727. The molecule has 1 saturated carbocycles. The molecule has 1 N–H and O–H groups in total. The highest BCUT2D eigenvalue weighted by atomic mass is 16.6. The Morgan fingerprint density at radius 1 is 1.16 bits per heavy atom. The van der Waals surface area contributed by atoms with E-state index < -0.39 is 17.7 Å². The van der Waals surface area contributed by atoms with Gasteiger partial charge in [0.25, 0.3) is 0 Å². The number of nitrogens with one attached hydrogen (secondary N) is 1. The van der Waals surface area contributed by atoms with Crippen molar-refractivity contribution >= 4 is 18.0 Å². The highest BCUT2D eigenvalue weighted by Gasteiger charge is 2.39. The lowest BCUT2D eigenvalue weighted by Crippen LogP contribution is -2.59. The Labute approximate surface area is 188 Å². The summed E-state index contributed by atoms with van der Waals surface area (Å²) >= 11 is 0. The third-order valence-electron chi connectivity index (χ3n) is 6.45. The quantitative estimate of drug-likeness (QED) is 0.761. The van der Waals surface area contributed by atoms with Gasteiger partial charge in [0, 0.05) is 26.2 Å². The van der Waals surface area contributed by atoms with E-state index in [4.69, 9.17) is 4.74 Å². The fourth-order valence-corrected chi connectivity index (χ4v) is 4.88. The van der Waals surface area contributed by atoms with Crippen molar-refractivity contribution < 1.29 is 19.1 Å². The lowest BCUT2D eigenvalue weighted by Gasteiger charge is -2.40. The van der Waals surface area contributed by atoms with Crippen LogP contribution in [0.5, 0.6) is 0 Å². The first-order valence-electron chi connectivity index (χ1n) is 11.5. The minimum absolute atomic E-state index is 0.0542. The van der Waals surface area contributed by atoms with E-state index in [2.05, 4.69) is 10.3 Å². The second-order valence-electron chi connectivity index (χ2n) is 9.92. The first-order valence-corrected chi connectivity index (χ1v) is 11.5. The Kier molecular flexibility index (Phi) is 6.15. The van der Waals surface area contributed by atoms with Gasteiger partial charge in [-0.15, -0.1) is 0 Å². The number of ether oxygens (including phenoxy) is 1. The largest absolute Gasteiger partial charge is 0.444 e. The van der Waals surface area contributed by atoms with Gasteiger partial charge >= 0.3 is 12.1 Å². The molecule has 2 fully saturated rings. The third-order valence-corrected chi connectivity index (χ3v) is 6.45. The van der Waals surface area contributed by atoms with E-state index in [0.717, 1.165) is 31.4 Å². The Bertz CT molecular complexity index is 877. The van der Waals surface area contributed by atoms with E-state index in [1.165, 1.54) is 0 Å². The molecule has 3 amide bonds. The summed E-state index contributed by atoms with van der Waals surface area (Å²) in [6, 6.07) is -0.660. The summed E-state index contributed by atoms with van der Waals surface area (Å²) in [5.74, 6) is 0.769. The lowest BCUT2D eigenvalue weighted by molar-refractivity contribution is -0.139. The number of amides is 3. The smallest absolute Gasteiger partial charge is 0.408 e. The van der Waals surface area contributed by atoms with Gasteiger partial charge in [-0.1, -0.05) is 12.8 Å². The van der Waals surface area contributed by atoms with E-state index in [9.17, 15) is 14.4 Å². The van der Waals surface area contributed by atoms with Crippen molar-refractivity contribution in [2.75, 3.05) is 26.2 Å². The molecule has 3 aliphatic rings. The van der Waals surface area contributed by atoms with Crippen molar-refractivity contribution in [3.63, 3.8) is 0 Å². The molecule has 0 radical (unpaired) electrons. The number of hydrogen-bond acceptors (Lipinski definition) is 6. The average molecular weight is 447 g/mol. The van der Waals surface area contributed by atoms with Crippen molar-refractivity contribution in [1.82, 2.24) is 29.8 Å². The predicted molar refractivity (Wildman–Crippen MR) is 117 cm³/mol. The molecule has 1 aromatic rings. The molecule has 10 heteroatoms. The van der Waals surface area contributed by atoms with Gasteiger partial charge in [0.05, 0.1) is 18.4 Å². The number of nitrogens with zero attached hydrogens (tertiary/aromatic N) is 5. The molecular weight excluding hydrogens is 412 g/mol. The van der Waals surface area contributed by atoms with E-state index in [0.29, 0.717) is 38.5 Å². The molecular formula is C22H34N6O4. The summed E-state index contributed by atoms with van der Waals surface area (Å²) < 4.78 is 7.05. The Balaban J connectivity index is 1.37. The highest BCUT2D eigenvalue weighted by Crippen LogP contribution is 2.29. The van der Waals surface area contributed by atoms with Crippen LogP contribution in [0.15, 0.2) is 6.20 Å². The number of carbonyl (C=O) groups is 3. The zero-order valence-electron chi connectivity index (χ0n) is 19.5. The second-order valence-corrected chi connectivity index (χ2v) is 9.92. The number of hydrazine groups is 1. The minimum Gasteiger partial charge on any atom is -0.444 e. The molecule has 10 nitrogen and oxygen atoms in total. The number of alkyl carbamates (subject to hydrolysis) is 1. The van der Waals surface area contributed by atoms with E-state index in [-0.39, 0.29) is 17.9 Å². The summed E-state index contributed by atoms with van der Waals surface area (Å²) in [5, 5.41) is 6.60. The van der Waals surface area contributed by atoms with Gasteiger partial charge in [-0.3, -0.25) is 9.80 Å². The van der Waals surface area contributed by atoms with Crippen LogP contribution in [-0.4, -0.2) is 80.3 Å². The zero-order valence-corrected chi connectivity index (χ0v) is 19.5. The van der Waals surface area contributed by atoms with Gasteiger partial charge in [-0.25, -0.2) is 24.1 Å². The maximum atomic E-state index is 13.4. The molecule has 1 aliphatic carbocycles. The molecule has 1 unspecified atom stereocenters. The molecule has 4 rings (SSSR count). The van der Waals surface area contributed by atoms with Crippen LogP contribution in [-0.2, 0) is 16.1 Å². The summed E-state index contributed by atoms with van der Waals surface area (Å²) in [6.07, 6.45) is 5.20. The molecule has 0 bridgehead atoms. The minimum atomic E-state index is -0.617. The van der Waals surface area contributed by atoms with Crippen LogP contribution in [0.3, 0.4) is 0 Å². The number of fused-ring (bicyclic) bond motifs is 1. The van der Waals surface area contributed by atoms with E-state index >= 15 is 0 Å². The van der Waals surface area contributed by atoms with Crippen LogP contribution in [0.1, 0.15) is 58.0 Å². The molecule has 0 spiro atoms. The van der Waals surface area contributed by atoms with Gasteiger partial charge in [-0.2, -0.15) is 0 Å². The molecule has 0 aromatic carbocycles. The molecule has 1 saturated heterocycles. The standard InChI is InChI=1S/C22H34N6O4/c1-15-23-13-17-14-27(21(31)28(15)17)26-11-9-25(10-12-26)19(29)18(16-7-5-6-8-16)24-20(30)32-22(2,3)4/h13,16,18H,5-12,14H2,1-4H3,(H,24,30).